The standard InChI is InChI=1S/C12H19IN2O2/c1-13-15(2)8-10-5-3-4-9(6-10)7-11(14)12(16)17/h3-6,11,15H,7-8,14H2,1-2H3,(H,16,17). The SMILES string of the molecule is C[I-][NH+](C)Cc1cccc(CC(N)C(=O)O)c1. The van der Waals surface area contributed by atoms with E-state index in [-0.39, 0.29) is 21.5 Å². The topological polar surface area (TPSA) is 67.8 Å². The number of rotatable bonds is 6. The second-order valence-electron chi connectivity index (χ2n) is 4.01. The molecule has 0 aliphatic carbocycles. The Labute approximate surface area is 112 Å². The Bertz CT molecular complexity index is 385. The molecule has 0 fully saturated rings. The molecule has 2 atom stereocenters. The van der Waals surface area contributed by atoms with E-state index in [1.54, 1.807) is 0 Å². The van der Waals surface area contributed by atoms with Crippen molar-refractivity contribution < 1.29 is 34.5 Å². The van der Waals surface area contributed by atoms with Crippen molar-refractivity contribution in [2.45, 2.75) is 19.0 Å². The van der Waals surface area contributed by atoms with Crippen molar-refractivity contribution in [3.63, 3.8) is 0 Å². The van der Waals surface area contributed by atoms with Crippen LogP contribution in [-0.4, -0.2) is 29.1 Å². The minimum atomic E-state index is -0.947. The third-order valence-electron chi connectivity index (χ3n) is 2.53. The summed E-state index contributed by atoms with van der Waals surface area (Å²) in [5, 5.41) is 8.77. The summed E-state index contributed by atoms with van der Waals surface area (Å²) in [6.07, 6.45) is 0.392. The van der Waals surface area contributed by atoms with E-state index < -0.39 is 12.0 Å². The summed E-state index contributed by atoms with van der Waals surface area (Å²) < 4.78 is 1.53. The zero-order chi connectivity index (χ0) is 12.8. The van der Waals surface area contributed by atoms with Gasteiger partial charge in [0.25, 0.3) is 0 Å². The first kappa shape index (κ1) is 14.4. The predicted molar refractivity (Wildman–Crippen MR) is 62.3 cm³/mol. The van der Waals surface area contributed by atoms with Crippen molar-refractivity contribution in [1.82, 2.24) is 0 Å². The molecule has 1 aromatic rings. The van der Waals surface area contributed by atoms with E-state index in [9.17, 15) is 4.79 Å². The molecule has 0 heterocycles. The molecule has 0 aliphatic rings. The molecule has 0 aromatic heterocycles. The average Bonchev–Trinajstić information content (AvgIpc) is 2.29. The molecule has 4 N–H and O–H groups in total. The number of alkyl halides is 1. The van der Waals surface area contributed by atoms with Gasteiger partial charge in [0, 0.05) is 0 Å². The molecule has 96 valence electrons. The average molecular weight is 350 g/mol. The van der Waals surface area contributed by atoms with Gasteiger partial charge < -0.3 is 0 Å². The second-order valence-corrected chi connectivity index (χ2v) is 6.93. The van der Waals surface area contributed by atoms with Gasteiger partial charge in [0.05, 0.1) is 0 Å². The number of hydrogen-bond acceptors (Lipinski definition) is 2. The number of nitrogens with one attached hydrogen (secondary N) is 1. The molecule has 0 aliphatic heterocycles. The fourth-order valence-corrected chi connectivity index (χ4v) is 2.38. The molecule has 0 saturated heterocycles. The van der Waals surface area contributed by atoms with E-state index in [1.807, 2.05) is 12.1 Å². The van der Waals surface area contributed by atoms with E-state index in [0.29, 0.717) is 6.42 Å². The molecule has 17 heavy (non-hydrogen) atoms. The first-order valence-corrected chi connectivity index (χ1v) is 8.64. The van der Waals surface area contributed by atoms with Crippen molar-refractivity contribution in [1.29, 1.82) is 0 Å². The fourth-order valence-electron chi connectivity index (χ4n) is 1.56. The van der Waals surface area contributed by atoms with Crippen LogP contribution >= 0.6 is 0 Å². The molecular formula is C12H19IN2O2. The maximum atomic E-state index is 10.7. The Hall–Kier alpha value is -0.660. The first-order chi connectivity index (χ1) is 8.02. The molecule has 2 unspecified atom stereocenters. The van der Waals surface area contributed by atoms with Gasteiger partial charge in [0.15, 0.2) is 0 Å². The van der Waals surface area contributed by atoms with Crippen molar-refractivity contribution in [2.75, 3.05) is 12.0 Å². The zero-order valence-corrected chi connectivity index (χ0v) is 12.3. The summed E-state index contributed by atoms with van der Waals surface area (Å²) >= 11 is 0.179. The summed E-state index contributed by atoms with van der Waals surface area (Å²) in [6, 6.07) is 7.24. The molecule has 4 nitrogen and oxygen atoms in total. The van der Waals surface area contributed by atoms with Gasteiger partial charge >= 0.3 is 113 Å². The van der Waals surface area contributed by atoms with Gasteiger partial charge in [-0.3, -0.25) is 0 Å². The minimum absolute atomic E-state index is 0.179. The van der Waals surface area contributed by atoms with Crippen LogP contribution in [0.3, 0.4) is 0 Å². The van der Waals surface area contributed by atoms with Crippen molar-refractivity contribution >= 4 is 5.97 Å². The molecular weight excluding hydrogens is 331 g/mol. The number of halogens is 1. The van der Waals surface area contributed by atoms with Gasteiger partial charge in [-0.05, 0) is 0 Å². The molecule has 1 rings (SSSR count). The summed E-state index contributed by atoms with van der Waals surface area (Å²) in [4.78, 5) is 12.9. The number of carboxylic acid groups (broad SMARTS) is 1. The molecule has 0 saturated carbocycles. The van der Waals surface area contributed by atoms with Crippen LogP contribution in [0.15, 0.2) is 24.3 Å². The number of nitrogens with two attached hydrogens (primary N) is 1. The van der Waals surface area contributed by atoms with E-state index in [4.69, 9.17) is 10.8 Å². The van der Waals surface area contributed by atoms with E-state index in [2.05, 4.69) is 24.1 Å². The first-order valence-electron chi connectivity index (χ1n) is 5.41. The number of aliphatic carboxylic acids is 1. The van der Waals surface area contributed by atoms with Gasteiger partial charge in [-0.25, -0.2) is 0 Å². The summed E-state index contributed by atoms with van der Waals surface area (Å²) in [5.41, 5.74) is 7.78. The monoisotopic (exact) mass is 350 g/mol. The molecule has 5 heteroatoms. The number of quaternary nitrogens is 1. The van der Waals surface area contributed by atoms with Crippen molar-refractivity contribution in [2.24, 2.45) is 5.73 Å². The van der Waals surface area contributed by atoms with E-state index in [1.165, 1.54) is 8.68 Å². The van der Waals surface area contributed by atoms with Gasteiger partial charge in [-0.15, -0.1) is 0 Å². The van der Waals surface area contributed by atoms with Gasteiger partial charge in [-0.1, -0.05) is 0 Å². The molecule has 0 bridgehead atoms. The Morgan fingerprint density at radius 2 is 2.18 bits per heavy atom. The number of benzene rings is 1. The third-order valence-corrected chi connectivity index (χ3v) is 4.76. The Balaban J connectivity index is 2.68. The van der Waals surface area contributed by atoms with Crippen LogP contribution in [-0.2, 0) is 17.8 Å². The van der Waals surface area contributed by atoms with Crippen LogP contribution in [0.1, 0.15) is 11.1 Å². The third kappa shape index (κ3) is 5.01. The second kappa shape index (κ2) is 6.93. The van der Waals surface area contributed by atoms with Crippen LogP contribution in [0.2, 0.25) is 0 Å². The molecule has 0 amide bonds. The quantitative estimate of drug-likeness (QED) is 0.281. The Morgan fingerprint density at radius 3 is 2.76 bits per heavy atom. The molecule has 0 spiro atoms. The summed E-state index contributed by atoms with van der Waals surface area (Å²) in [5.74, 6) is -0.947. The zero-order valence-electron chi connectivity index (χ0n) is 10.1. The van der Waals surface area contributed by atoms with Crippen LogP contribution in [0.5, 0.6) is 0 Å². The van der Waals surface area contributed by atoms with Crippen LogP contribution in [0.4, 0.5) is 0 Å². The van der Waals surface area contributed by atoms with Crippen molar-refractivity contribution in [3.8, 4) is 0 Å². The maximum absolute atomic E-state index is 10.7. The Morgan fingerprint density at radius 1 is 1.53 bits per heavy atom. The fraction of sp³-hybridized carbons (Fsp3) is 0.417. The molecule has 0 radical (unpaired) electrons. The number of hydrogen-bond donors (Lipinski definition) is 3. The predicted octanol–water partition coefficient (Wildman–Crippen LogP) is -3.71. The summed E-state index contributed by atoms with van der Waals surface area (Å²) in [6.45, 7) is 1.000. The van der Waals surface area contributed by atoms with Gasteiger partial charge in [0.1, 0.15) is 0 Å². The summed E-state index contributed by atoms with van der Waals surface area (Å²) in [7, 11) is 2.18. The van der Waals surface area contributed by atoms with Gasteiger partial charge in [0.2, 0.25) is 0 Å². The van der Waals surface area contributed by atoms with E-state index in [0.717, 1.165) is 12.1 Å². The van der Waals surface area contributed by atoms with Crippen LogP contribution < -0.4 is 30.3 Å². The van der Waals surface area contributed by atoms with Gasteiger partial charge in [-0.2, -0.15) is 0 Å². The Kier molecular flexibility index (Phi) is 5.87. The molecule has 1 aromatic carbocycles. The van der Waals surface area contributed by atoms with Crippen molar-refractivity contribution in [3.05, 3.63) is 35.4 Å². The number of carbonyl (C=O) groups is 1. The van der Waals surface area contributed by atoms with Crippen LogP contribution in [0, 0.1) is 0 Å². The van der Waals surface area contributed by atoms with Crippen LogP contribution in [0.25, 0.3) is 0 Å². The number of carboxylic acids is 1. The normalized spacial score (nSPS) is 14.5. The van der Waals surface area contributed by atoms with E-state index >= 15 is 0 Å².